The summed E-state index contributed by atoms with van der Waals surface area (Å²) in [6.45, 7) is 3.11. The Kier molecular flexibility index (Phi) is 5.63. The van der Waals surface area contributed by atoms with E-state index in [1.165, 1.54) is 12.2 Å². The molecule has 0 saturated carbocycles. The fourth-order valence-electron chi connectivity index (χ4n) is 1.51. The molecule has 0 amide bonds. The summed E-state index contributed by atoms with van der Waals surface area (Å²) >= 11 is 1.89. The van der Waals surface area contributed by atoms with Crippen LogP contribution >= 0.6 is 11.8 Å². The molecular weight excluding hydrogens is 218 g/mol. The predicted molar refractivity (Wildman–Crippen MR) is 72.6 cm³/mol. The van der Waals surface area contributed by atoms with Gasteiger partial charge in [-0.1, -0.05) is 6.07 Å². The van der Waals surface area contributed by atoms with Crippen LogP contribution in [0.3, 0.4) is 0 Å². The molecule has 0 bridgehead atoms. The lowest BCUT2D eigenvalue weighted by atomic mass is 10.2. The SMILES string of the molecule is CSCCC(C)N(C)Cc1cccc(N)n1. The molecule has 2 N–H and O–H groups in total. The molecule has 1 heterocycles. The van der Waals surface area contributed by atoms with Crippen LogP contribution in [0.4, 0.5) is 5.82 Å². The van der Waals surface area contributed by atoms with Crippen LogP contribution in [0.2, 0.25) is 0 Å². The van der Waals surface area contributed by atoms with E-state index in [0.717, 1.165) is 12.2 Å². The third kappa shape index (κ3) is 4.41. The van der Waals surface area contributed by atoms with Gasteiger partial charge in [0.2, 0.25) is 0 Å². The second kappa shape index (κ2) is 6.76. The van der Waals surface area contributed by atoms with E-state index in [9.17, 15) is 0 Å². The van der Waals surface area contributed by atoms with Crippen molar-refractivity contribution in [1.82, 2.24) is 9.88 Å². The zero-order valence-corrected chi connectivity index (χ0v) is 11.1. The maximum Gasteiger partial charge on any atom is 0.123 e. The van der Waals surface area contributed by atoms with Gasteiger partial charge < -0.3 is 5.73 Å². The molecule has 1 atom stereocenters. The van der Waals surface area contributed by atoms with Crippen molar-refractivity contribution in [3.05, 3.63) is 23.9 Å². The summed E-state index contributed by atoms with van der Waals surface area (Å²) in [6, 6.07) is 6.38. The lowest BCUT2D eigenvalue weighted by molar-refractivity contribution is 0.242. The number of rotatable bonds is 6. The van der Waals surface area contributed by atoms with Crippen molar-refractivity contribution in [2.45, 2.75) is 25.9 Å². The Labute approximate surface area is 102 Å². The van der Waals surface area contributed by atoms with Crippen LogP contribution in [0.1, 0.15) is 19.0 Å². The van der Waals surface area contributed by atoms with Crippen molar-refractivity contribution in [1.29, 1.82) is 0 Å². The summed E-state index contributed by atoms with van der Waals surface area (Å²) < 4.78 is 0. The topological polar surface area (TPSA) is 42.1 Å². The van der Waals surface area contributed by atoms with E-state index in [1.807, 2.05) is 30.0 Å². The third-order valence-electron chi connectivity index (χ3n) is 2.73. The van der Waals surface area contributed by atoms with Crippen LogP contribution in [0.15, 0.2) is 18.2 Å². The molecule has 16 heavy (non-hydrogen) atoms. The Balaban J connectivity index is 2.47. The first-order chi connectivity index (χ1) is 7.63. The highest BCUT2D eigenvalue weighted by molar-refractivity contribution is 7.98. The van der Waals surface area contributed by atoms with Gasteiger partial charge in [-0.25, -0.2) is 4.98 Å². The summed E-state index contributed by atoms with van der Waals surface area (Å²) in [4.78, 5) is 6.62. The van der Waals surface area contributed by atoms with Crippen molar-refractivity contribution in [3.8, 4) is 0 Å². The van der Waals surface area contributed by atoms with E-state index in [1.54, 1.807) is 0 Å². The number of pyridine rings is 1. The molecule has 0 fully saturated rings. The second-order valence-corrected chi connectivity index (χ2v) is 5.08. The van der Waals surface area contributed by atoms with Gasteiger partial charge in [0.1, 0.15) is 5.82 Å². The maximum absolute atomic E-state index is 5.66. The molecule has 1 unspecified atom stereocenters. The second-order valence-electron chi connectivity index (χ2n) is 4.10. The monoisotopic (exact) mass is 239 g/mol. The molecular formula is C12H21N3S. The Hall–Kier alpha value is -0.740. The fraction of sp³-hybridized carbons (Fsp3) is 0.583. The molecule has 0 saturated heterocycles. The molecule has 0 aliphatic rings. The van der Waals surface area contributed by atoms with Gasteiger partial charge in [-0.2, -0.15) is 11.8 Å². The molecule has 0 radical (unpaired) electrons. The van der Waals surface area contributed by atoms with E-state index in [2.05, 4.69) is 30.1 Å². The minimum absolute atomic E-state index is 0.579. The van der Waals surface area contributed by atoms with Gasteiger partial charge in [-0.15, -0.1) is 0 Å². The zero-order chi connectivity index (χ0) is 12.0. The summed E-state index contributed by atoms with van der Waals surface area (Å²) in [6.07, 6.45) is 3.35. The minimum Gasteiger partial charge on any atom is -0.384 e. The molecule has 4 heteroatoms. The van der Waals surface area contributed by atoms with Crippen LogP contribution in [-0.2, 0) is 6.54 Å². The molecule has 0 aliphatic carbocycles. The summed E-state index contributed by atoms with van der Waals surface area (Å²) in [5.74, 6) is 1.80. The molecule has 1 rings (SSSR count). The minimum atomic E-state index is 0.579. The Morgan fingerprint density at radius 2 is 2.25 bits per heavy atom. The highest BCUT2D eigenvalue weighted by Gasteiger charge is 2.09. The lowest BCUT2D eigenvalue weighted by Gasteiger charge is -2.24. The molecule has 0 aliphatic heterocycles. The van der Waals surface area contributed by atoms with Gasteiger partial charge in [-0.05, 0) is 44.5 Å². The highest BCUT2D eigenvalue weighted by Crippen LogP contribution is 2.10. The normalized spacial score (nSPS) is 13.0. The highest BCUT2D eigenvalue weighted by atomic mass is 32.2. The van der Waals surface area contributed by atoms with Gasteiger partial charge in [0.05, 0.1) is 5.69 Å². The number of thioether (sulfide) groups is 1. The van der Waals surface area contributed by atoms with Crippen LogP contribution in [0, 0.1) is 0 Å². The van der Waals surface area contributed by atoms with Crippen molar-refractivity contribution in [2.24, 2.45) is 0 Å². The Morgan fingerprint density at radius 1 is 1.50 bits per heavy atom. The zero-order valence-electron chi connectivity index (χ0n) is 10.3. The average molecular weight is 239 g/mol. The van der Waals surface area contributed by atoms with Gasteiger partial charge in [0.15, 0.2) is 0 Å². The first kappa shape index (κ1) is 13.3. The van der Waals surface area contributed by atoms with E-state index >= 15 is 0 Å². The molecule has 1 aromatic heterocycles. The molecule has 1 aromatic rings. The van der Waals surface area contributed by atoms with Crippen LogP contribution in [0.25, 0.3) is 0 Å². The van der Waals surface area contributed by atoms with Gasteiger partial charge in [-0.3, -0.25) is 4.90 Å². The van der Waals surface area contributed by atoms with Crippen molar-refractivity contribution in [2.75, 3.05) is 24.8 Å². The molecule has 0 spiro atoms. The summed E-state index contributed by atoms with van der Waals surface area (Å²) in [5, 5.41) is 0. The van der Waals surface area contributed by atoms with Crippen LogP contribution in [0.5, 0.6) is 0 Å². The summed E-state index contributed by atoms with van der Waals surface area (Å²) in [5.41, 5.74) is 6.70. The Bertz CT molecular complexity index is 317. The largest absolute Gasteiger partial charge is 0.384 e. The number of nitrogen functional groups attached to an aromatic ring is 1. The van der Waals surface area contributed by atoms with E-state index < -0.39 is 0 Å². The standard InChI is InChI=1S/C12H21N3S/c1-10(7-8-16-3)15(2)9-11-5-4-6-12(13)14-11/h4-6,10H,7-9H2,1-3H3,(H2,13,14). The fourth-order valence-corrected chi connectivity index (χ4v) is 2.08. The van der Waals surface area contributed by atoms with E-state index in [0.29, 0.717) is 11.9 Å². The average Bonchev–Trinajstić information content (AvgIpc) is 2.25. The molecule has 3 nitrogen and oxygen atoms in total. The molecule has 0 aromatic carbocycles. The van der Waals surface area contributed by atoms with Crippen molar-refractivity contribution >= 4 is 17.6 Å². The first-order valence-electron chi connectivity index (χ1n) is 5.54. The van der Waals surface area contributed by atoms with Gasteiger partial charge >= 0.3 is 0 Å². The van der Waals surface area contributed by atoms with Crippen molar-refractivity contribution < 1.29 is 0 Å². The third-order valence-corrected chi connectivity index (χ3v) is 3.38. The number of nitrogens with zero attached hydrogens (tertiary/aromatic N) is 2. The van der Waals surface area contributed by atoms with E-state index in [-0.39, 0.29) is 0 Å². The van der Waals surface area contributed by atoms with Crippen LogP contribution < -0.4 is 5.73 Å². The summed E-state index contributed by atoms with van der Waals surface area (Å²) in [7, 11) is 2.13. The number of hydrogen-bond acceptors (Lipinski definition) is 4. The molecule has 90 valence electrons. The number of aromatic nitrogens is 1. The van der Waals surface area contributed by atoms with E-state index in [4.69, 9.17) is 5.73 Å². The number of nitrogens with two attached hydrogens (primary N) is 1. The van der Waals surface area contributed by atoms with Gasteiger partial charge in [0, 0.05) is 12.6 Å². The smallest absolute Gasteiger partial charge is 0.123 e. The quantitative estimate of drug-likeness (QED) is 0.826. The van der Waals surface area contributed by atoms with Crippen LogP contribution in [-0.4, -0.2) is 35.0 Å². The maximum atomic E-state index is 5.66. The first-order valence-corrected chi connectivity index (χ1v) is 6.93. The van der Waals surface area contributed by atoms with Gasteiger partial charge in [0.25, 0.3) is 0 Å². The number of hydrogen-bond donors (Lipinski definition) is 1. The Morgan fingerprint density at radius 3 is 2.88 bits per heavy atom. The van der Waals surface area contributed by atoms with Crippen molar-refractivity contribution in [3.63, 3.8) is 0 Å². The predicted octanol–water partition coefficient (Wildman–Crippen LogP) is 2.24. The lowest BCUT2D eigenvalue weighted by Crippen LogP contribution is -2.29. The number of anilines is 1.